The zero-order chi connectivity index (χ0) is 14.6. The van der Waals surface area contributed by atoms with E-state index >= 15 is 0 Å². The lowest BCUT2D eigenvalue weighted by Gasteiger charge is -2.09. The Hall–Kier alpha value is -2.04. The van der Waals surface area contributed by atoms with Gasteiger partial charge in [0, 0.05) is 12.1 Å². The average molecular weight is 290 g/mol. The van der Waals surface area contributed by atoms with Gasteiger partial charge >= 0.3 is 5.97 Å². The van der Waals surface area contributed by atoms with Crippen LogP contribution in [0.4, 0.5) is 5.69 Å². The molecule has 0 aliphatic rings. The summed E-state index contributed by atoms with van der Waals surface area (Å²) >= 11 is 0. The first-order valence-corrected chi connectivity index (χ1v) is 6.47. The monoisotopic (exact) mass is 290 g/mol. The zero-order valence-corrected chi connectivity index (χ0v) is 10.2. The first-order valence-electron chi connectivity index (χ1n) is 4.86. The normalized spacial score (nSPS) is 12.7. The summed E-state index contributed by atoms with van der Waals surface area (Å²) in [6.45, 7) is 0. The highest BCUT2D eigenvalue weighted by molar-refractivity contribution is 7.85. The molecule has 0 unspecified atom stereocenters. The summed E-state index contributed by atoms with van der Waals surface area (Å²) < 4.78 is 34.2. The molecule has 1 rings (SSSR count). The SMILES string of the molecule is N[C@@H](CS(=O)(=O)O)C(=O)Oc1ccc([N+](=O)[O-])cc1. The van der Waals surface area contributed by atoms with E-state index in [1.54, 1.807) is 0 Å². The Balaban J connectivity index is 2.69. The minimum Gasteiger partial charge on any atom is -0.425 e. The Kier molecular flexibility index (Phi) is 4.53. The van der Waals surface area contributed by atoms with Crippen LogP contribution in [0.5, 0.6) is 5.75 Å². The van der Waals surface area contributed by atoms with Crippen LogP contribution < -0.4 is 10.5 Å². The molecule has 0 fully saturated rings. The van der Waals surface area contributed by atoms with Crippen LogP contribution >= 0.6 is 0 Å². The lowest BCUT2D eigenvalue weighted by Crippen LogP contribution is -2.40. The minimum absolute atomic E-state index is 0.0265. The zero-order valence-electron chi connectivity index (χ0n) is 9.42. The number of hydrogen-bond acceptors (Lipinski definition) is 7. The van der Waals surface area contributed by atoms with Crippen molar-refractivity contribution in [1.29, 1.82) is 0 Å². The van der Waals surface area contributed by atoms with Crippen LogP contribution in [-0.2, 0) is 14.9 Å². The predicted octanol–water partition coefficient (Wildman–Crippen LogP) is -0.285. The molecule has 9 nitrogen and oxygen atoms in total. The number of nitro groups is 1. The van der Waals surface area contributed by atoms with Crippen molar-refractivity contribution in [3.63, 3.8) is 0 Å². The van der Waals surface area contributed by atoms with Crippen molar-refractivity contribution < 1.29 is 27.4 Å². The maximum atomic E-state index is 11.4. The molecule has 0 bridgehead atoms. The number of ether oxygens (including phenoxy) is 1. The van der Waals surface area contributed by atoms with Crippen LogP contribution in [0.25, 0.3) is 0 Å². The molecule has 0 heterocycles. The van der Waals surface area contributed by atoms with E-state index < -0.39 is 32.8 Å². The van der Waals surface area contributed by atoms with Crippen LogP contribution in [0.3, 0.4) is 0 Å². The summed E-state index contributed by atoms with van der Waals surface area (Å²) in [7, 11) is -4.39. The van der Waals surface area contributed by atoms with Crippen LogP contribution in [-0.4, -0.2) is 35.7 Å². The Morgan fingerprint density at radius 3 is 2.37 bits per heavy atom. The number of benzene rings is 1. The van der Waals surface area contributed by atoms with Crippen LogP contribution in [0.15, 0.2) is 24.3 Å². The summed E-state index contributed by atoms with van der Waals surface area (Å²) in [5.74, 6) is -2.08. The van der Waals surface area contributed by atoms with Gasteiger partial charge in [0.25, 0.3) is 15.8 Å². The van der Waals surface area contributed by atoms with Crippen molar-refractivity contribution >= 4 is 21.8 Å². The van der Waals surface area contributed by atoms with Crippen molar-refractivity contribution in [3.8, 4) is 5.75 Å². The Bertz CT molecular complexity index is 581. The largest absolute Gasteiger partial charge is 0.425 e. The van der Waals surface area contributed by atoms with Crippen LogP contribution in [0, 0.1) is 10.1 Å². The van der Waals surface area contributed by atoms with E-state index in [1.165, 1.54) is 0 Å². The summed E-state index contributed by atoms with van der Waals surface area (Å²) in [5.41, 5.74) is 5.01. The summed E-state index contributed by atoms with van der Waals surface area (Å²) in [6, 6.07) is 2.99. The quantitative estimate of drug-likeness (QED) is 0.247. The molecule has 0 aliphatic carbocycles. The van der Waals surface area contributed by atoms with E-state index in [0.717, 1.165) is 24.3 Å². The fraction of sp³-hybridized carbons (Fsp3) is 0.222. The maximum absolute atomic E-state index is 11.4. The number of hydrogen-bond donors (Lipinski definition) is 2. The van der Waals surface area contributed by atoms with E-state index in [4.69, 9.17) is 15.0 Å². The van der Waals surface area contributed by atoms with Gasteiger partial charge < -0.3 is 10.5 Å². The van der Waals surface area contributed by atoms with Gasteiger partial charge in [-0.3, -0.25) is 14.7 Å². The third kappa shape index (κ3) is 4.99. The Morgan fingerprint density at radius 2 is 1.95 bits per heavy atom. The van der Waals surface area contributed by atoms with Crippen LogP contribution in [0.1, 0.15) is 0 Å². The van der Waals surface area contributed by atoms with Crippen molar-refractivity contribution in [2.24, 2.45) is 5.73 Å². The molecule has 1 aromatic carbocycles. The van der Waals surface area contributed by atoms with Crippen LogP contribution in [0.2, 0.25) is 0 Å². The third-order valence-corrected chi connectivity index (χ3v) is 2.74. The molecule has 0 amide bonds. The highest BCUT2D eigenvalue weighted by atomic mass is 32.2. The molecule has 0 saturated carbocycles. The maximum Gasteiger partial charge on any atom is 0.329 e. The van der Waals surface area contributed by atoms with Crippen molar-refractivity contribution in [2.75, 3.05) is 5.75 Å². The molecular formula is C9H10N2O7S. The molecule has 19 heavy (non-hydrogen) atoms. The van der Waals surface area contributed by atoms with Gasteiger partial charge in [-0.1, -0.05) is 0 Å². The van der Waals surface area contributed by atoms with E-state index in [1.807, 2.05) is 0 Å². The first-order chi connectivity index (χ1) is 8.69. The highest BCUT2D eigenvalue weighted by Crippen LogP contribution is 2.17. The van der Waals surface area contributed by atoms with Gasteiger partial charge in [0.2, 0.25) is 0 Å². The molecular weight excluding hydrogens is 280 g/mol. The Labute approximate surface area is 107 Å². The topological polar surface area (TPSA) is 150 Å². The standard InChI is InChI=1S/C9H10N2O7S/c10-8(5-19(15,16)17)9(12)18-7-3-1-6(2-4-7)11(13)14/h1-4,8H,5,10H2,(H,15,16,17)/t8-/m0/s1. The first kappa shape index (κ1) is 15.0. The molecule has 104 valence electrons. The summed E-state index contributed by atoms with van der Waals surface area (Å²) in [4.78, 5) is 21.1. The fourth-order valence-electron chi connectivity index (χ4n) is 1.12. The minimum atomic E-state index is -4.39. The van der Waals surface area contributed by atoms with Crippen molar-refractivity contribution in [3.05, 3.63) is 34.4 Å². The van der Waals surface area contributed by atoms with E-state index in [9.17, 15) is 23.3 Å². The van der Waals surface area contributed by atoms with Gasteiger partial charge in [0.1, 0.15) is 17.5 Å². The number of carbonyl (C=O) groups is 1. The molecule has 0 radical (unpaired) electrons. The predicted molar refractivity (Wildman–Crippen MR) is 63.1 cm³/mol. The molecule has 0 saturated heterocycles. The van der Waals surface area contributed by atoms with Gasteiger partial charge in [0.15, 0.2) is 0 Å². The number of non-ortho nitro benzene ring substituents is 1. The van der Waals surface area contributed by atoms with Gasteiger partial charge in [-0.2, -0.15) is 8.42 Å². The molecule has 0 aromatic heterocycles. The number of nitrogens with zero attached hydrogens (tertiary/aromatic N) is 1. The lowest BCUT2D eigenvalue weighted by molar-refractivity contribution is -0.384. The number of nitro benzene ring substituents is 1. The van der Waals surface area contributed by atoms with Gasteiger partial charge in [-0.05, 0) is 12.1 Å². The fourth-order valence-corrected chi connectivity index (χ4v) is 1.71. The average Bonchev–Trinajstić information content (AvgIpc) is 2.27. The number of rotatable bonds is 5. The molecule has 3 N–H and O–H groups in total. The lowest BCUT2D eigenvalue weighted by atomic mass is 10.3. The second kappa shape index (κ2) is 5.73. The highest BCUT2D eigenvalue weighted by Gasteiger charge is 2.22. The van der Waals surface area contributed by atoms with Gasteiger partial charge in [-0.25, -0.2) is 4.79 Å². The van der Waals surface area contributed by atoms with E-state index in [0.29, 0.717) is 0 Å². The third-order valence-electron chi connectivity index (χ3n) is 1.96. The van der Waals surface area contributed by atoms with Crippen molar-refractivity contribution in [1.82, 2.24) is 0 Å². The van der Waals surface area contributed by atoms with Crippen molar-refractivity contribution in [2.45, 2.75) is 6.04 Å². The molecule has 0 spiro atoms. The number of carbonyl (C=O) groups excluding carboxylic acids is 1. The van der Waals surface area contributed by atoms with Gasteiger partial charge in [0.05, 0.1) is 4.92 Å². The smallest absolute Gasteiger partial charge is 0.329 e. The molecule has 10 heteroatoms. The second-order valence-electron chi connectivity index (χ2n) is 3.53. The summed E-state index contributed by atoms with van der Waals surface area (Å²) in [6.07, 6.45) is 0. The summed E-state index contributed by atoms with van der Waals surface area (Å²) in [5, 5.41) is 10.4. The van der Waals surface area contributed by atoms with E-state index in [2.05, 4.69) is 0 Å². The van der Waals surface area contributed by atoms with Gasteiger partial charge in [-0.15, -0.1) is 0 Å². The molecule has 0 aliphatic heterocycles. The second-order valence-corrected chi connectivity index (χ2v) is 5.02. The molecule has 1 atom stereocenters. The number of nitrogens with two attached hydrogens (primary N) is 1. The molecule has 1 aromatic rings. The van der Waals surface area contributed by atoms with E-state index in [-0.39, 0.29) is 11.4 Å². The Morgan fingerprint density at radius 1 is 1.42 bits per heavy atom. The number of esters is 1.